The van der Waals surface area contributed by atoms with Crippen molar-refractivity contribution in [2.24, 2.45) is 0 Å². The van der Waals surface area contributed by atoms with Gasteiger partial charge in [-0.15, -0.1) is 5.10 Å². The van der Waals surface area contributed by atoms with Crippen LogP contribution in [0.1, 0.15) is 16.7 Å². The first-order chi connectivity index (χ1) is 12.0. The highest BCUT2D eigenvalue weighted by molar-refractivity contribution is 7.73. The minimum Gasteiger partial charge on any atom is -0.330 e. The van der Waals surface area contributed by atoms with E-state index in [-0.39, 0.29) is 0 Å². The number of nitrogens with one attached hydrogen (secondary N) is 2. The molecule has 2 aromatic carbocycles. The van der Waals surface area contributed by atoms with Crippen molar-refractivity contribution in [2.45, 2.75) is 27.1 Å². The second-order valence-corrected chi connectivity index (χ2v) is 7.95. The molecular weight excluding hydrogens is 348 g/mol. The summed E-state index contributed by atoms with van der Waals surface area (Å²) in [5, 5.41) is 8.90. The van der Waals surface area contributed by atoms with Crippen molar-refractivity contribution in [2.75, 3.05) is 12.4 Å². The number of rotatable bonds is 6. The average molecular weight is 372 g/mol. The summed E-state index contributed by atoms with van der Waals surface area (Å²) >= 11 is 7.01. The van der Waals surface area contributed by atoms with Gasteiger partial charge >= 0.3 is 0 Å². The Hall–Kier alpha value is -2.02. The predicted octanol–water partition coefficient (Wildman–Crippen LogP) is 3.71. The van der Waals surface area contributed by atoms with Crippen LogP contribution < -0.4 is 10.2 Å². The van der Waals surface area contributed by atoms with Gasteiger partial charge in [0.05, 0.1) is 7.05 Å². The molecule has 3 rings (SSSR count). The van der Waals surface area contributed by atoms with Crippen molar-refractivity contribution in [3.8, 4) is 0 Å². The molecule has 0 bridgehead atoms. The van der Waals surface area contributed by atoms with Crippen LogP contribution >= 0.6 is 23.6 Å². The lowest BCUT2D eigenvalue weighted by molar-refractivity contribution is -0.917. The normalized spacial score (nSPS) is 12.1. The maximum absolute atomic E-state index is 5.50. The molecule has 0 saturated heterocycles. The minimum absolute atomic E-state index is 0.749. The van der Waals surface area contributed by atoms with Crippen LogP contribution in [-0.4, -0.2) is 16.8 Å². The van der Waals surface area contributed by atoms with Crippen LogP contribution in [0.3, 0.4) is 0 Å². The SMILES string of the molecule is Cc1cccc(Nc2nn(C[NH+](C)Cc3ccccc3)c(=S)s2)c1C. The topological polar surface area (TPSA) is 34.3 Å². The molecule has 0 amide bonds. The molecule has 1 unspecified atom stereocenters. The quantitative estimate of drug-likeness (QED) is 0.648. The first kappa shape index (κ1) is 17.8. The Morgan fingerprint density at radius 1 is 1.12 bits per heavy atom. The van der Waals surface area contributed by atoms with E-state index in [4.69, 9.17) is 12.2 Å². The highest BCUT2D eigenvalue weighted by Gasteiger charge is 2.10. The standard InChI is InChI=1S/C19H22N4S2/c1-14-8-7-11-17(15(14)2)20-18-21-23(19(24)25-18)13-22(3)12-16-9-5-4-6-10-16/h4-11H,12-13H2,1-3H3,(H,20,21)/p+1. The summed E-state index contributed by atoms with van der Waals surface area (Å²) in [6.07, 6.45) is 0. The van der Waals surface area contributed by atoms with E-state index in [0.29, 0.717) is 0 Å². The summed E-state index contributed by atoms with van der Waals surface area (Å²) in [7, 11) is 2.16. The van der Waals surface area contributed by atoms with E-state index >= 15 is 0 Å². The zero-order valence-corrected chi connectivity index (χ0v) is 16.4. The average Bonchev–Trinajstić information content (AvgIpc) is 2.92. The Labute approximate surface area is 157 Å². The van der Waals surface area contributed by atoms with Gasteiger partial charge in [-0.1, -0.05) is 53.8 Å². The lowest BCUT2D eigenvalue weighted by atomic mass is 10.1. The van der Waals surface area contributed by atoms with Gasteiger partial charge in [-0.05, 0) is 43.3 Å². The summed E-state index contributed by atoms with van der Waals surface area (Å²) in [5.74, 6) is 0. The Balaban J connectivity index is 1.70. The fourth-order valence-corrected chi connectivity index (χ4v) is 3.73. The van der Waals surface area contributed by atoms with Gasteiger partial charge in [0.2, 0.25) is 5.13 Å². The fourth-order valence-electron chi connectivity index (χ4n) is 2.71. The molecule has 1 atom stereocenters. The third-order valence-corrected chi connectivity index (χ3v) is 5.44. The molecule has 1 aromatic heterocycles. The monoisotopic (exact) mass is 371 g/mol. The van der Waals surface area contributed by atoms with Crippen LogP contribution in [0, 0.1) is 17.8 Å². The number of benzene rings is 2. The molecule has 0 fully saturated rings. The van der Waals surface area contributed by atoms with E-state index < -0.39 is 0 Å². The number of hydrogen-bond acceptors (Lipinski definition) is 4. The molecule has 0 saturated carbocycles. The van der Waals surface area contributed by atoms with Crippen LogP contribution in [0.2, 0.25) is 0 Å². The smallest absolute Gasteiger partial charge is 0.209 e. The zero-order chi connectivity index (χ0) is 17.8. The molecule has 25 heavy (non-hydrogen) atoms. The van der Waals surface area contributed by atoms with Crippen molar-refractivity contribution < 1.29 is 4.90 Å². The van der Waals surface area contributed by atoms with E-state index in [0.717, 1.165) is 28.0 Å². The van der Waals surface area contributed by atoms with Crippen molar-refractivity contribution in [3.63, 3.8) is 0 Å². The molecule has 6 heteroatoms. The lowest BCUT2D eigenvalue weighted by Crippen LogP contribution is -3.07. The number of anilines is 2. The molecule has 0 aliphatic heterocycles. The van der Waals surface area contributed by atoms with E-state index in [1.54, 1.807) is 0 Å². The first-order valence-corrected chi connectivity index (χ1v) is 9.52. The van der Waals surface area contributed by atoms with Gasteiger partial charge in [0.25, 0.3) is 0 Å². The second-order valence-electron chi connectivity index (χ2n) is 6.32. The third-order valence-electron chi connectivity index (χ3n) is 4.22. The maximum atomic E-state index is 5.50. The fraction of sp³-hybridized carbons (Fsp3) is 0.263. The summed E-state index contributed by atoms with van der Waals surface area (Å²) in [6.45, 7) is 5.92. The number of nitrogens with zero attached hydrogens (tertiary/aromatic N) is 2. The molecule has 0 aliphatic rings. The van der Waals surface area contributed by atoms with Crippen molar-refractivity contribution >= 4 is 34.4 Å². The van der Waals surface area contributed by atoms with E-state index in [2.05, 4.69) is 73.8 Å². The Morgan fingerprint density at radius 3 is 2.64 bits per heavy atom. The summed E-state index contributed by atoms with van der Waals surface area (Å²) in [4.78, 5) is 1.34. The summed E-state index contributed by atoms with van der Waals surface area (Å²) < 4.78 is 2.70. The van der Waals surface area contributed by atoms with Gasteiger partial charge < -0.3 is 10.2 Å². The summed E-state index contributed by atoms with van der Waals surface area (Å²) in [6, 6.07) is 16.7. The molecule has 2 N–H and O–H groups in total. The molecule has 0 radical (unpaired) electrons. The van der Waals surface area contributed by atoms with E-state index in [1.165, 1.54) is 32.9 Å². The second kappa shape index (κ2) is 7.91. The first-order valence-electron chi connectivity index (χ1n) is 8.29. The Kier molecular flexibility index (Phi) is 5.63. The zero-order valence-electron chi connectivity index (χ0n) is 14.7. The van der Waals surface area contributed by atoms with Gasteiger partial charge in [-0.25, -0.2) is 0 Å². The number of aryl methyl sites for hydroxylation is 1. The van der Waals surface area contributed by atoms with Gasteiger partial charge in [0.15, 0.2) is 10.6 Å². The van der Waals surface area contributed by atoms with Gasteiger partial charge in [-0.3, -0.25) is 0 Å². The molecule has 130 valence electrons. The van der Waals surface area contributed by atoms with Crippen LogP contribution in [0.25, 0.3) is 0 Å². The minimum atomic E-state index is 0.749. The van der Waals surface area contributed by atoms with E-state index in [1.807, 2.05) is 10.7 Å². The number of hydrogen-bond donors (Lipinski definition) is 2. The molecule has 3 aromatic rings. The highest BCUT2D eigenvalue weighted by Crippen LogP contribution is 2.24. The predicted molar refractivity (Wildman–Crippen MR) is 107 cm³/mol. The molecular formula is C19H23N4S2+. The largest absolute Gasteiger partial charge is 0.330 e. The molecule has 0 aliphatic carbocycles. The molecule has 4 nitrogen and oxygen atoms in total. The van der Waals surface area contributed by atoms with Crippen molar-refractivity contribution in [1.82, 2.24) is 9.78 Å². The van der Waals surface area contributed by atoms with Crippen molar-refractivity contribution in [3.05, 3.63) is 69.2 Å². The van der Waals surface area contributed by atoms with Crippen LogP contribution in [0.5, 0.6) is 0 Å². The summed E-state index contributed by atoms with van der Waals surface area (Å²) in [5.41, 5.74) is 4.90. The van der Waals surface area contributed by atoms with Gasteiger partial charge in [-0.2, -0.15) is 4.68 Å². The Bertz CT molecular complexity index is 899. The number of aromatic nitrogens is 2. The van der Waals surface area contributed by atoms with Gasteiger partial charge in [0.1, 0.15) is 6.54 Å². The number of quaternary nitrogens is 1. The van der Waals surface area contributed by atoms with Crippen LogP contribution in [0.4, 0.5) is 10.8 Å². The maximum Gasteiger partial charge on any atom is 0.209 e. The van der Waals surface area contributed by atoms with Crippen LogP contribution in [-0.2, 0) is 13.2 Å². The third kappa shape index (κ3) is 4.54. The Morgan fingerprint density at radius 2 is 1.88 bits per heavy atom. The highest BCUT2D eigenvalue weighted by atomic mass is 32.1. The van der Waals surface area contributed by atoms with Gasteiger partial charge in [0, 0.05) is 11.3 Å². The van der Waals surface area contributed by atoms with E-state index in [9.17, 15) is 0 Å². The molecule has 0 spiro atoms. The lowest BCUT2D eigenvalue weighted by Gasteiger charge is -2.13. The van der Waals surface area contributed by atoms with Crippen LogP contribution in [0.15, 0.2) is 48.5 Å². The van der Waals surface area contributed by atoms with Crippen molar-refractivity contribution in [1.29, 1.82) is 0 Å². The molecule has 1 heterocycles.